The van der Waals surface area contributed by atoms with Crippen LogP contribution >= 0.6 is 0 Å². The second-order valence-electron chi connectivity index (χ2n) is 5.09. The molecule has 25 heavy (non-hydrogen) atoms. The first kappa shape index (κ1) is 16.4. The summed E-state index contributed by atoms with van der Waals surface area (Å²) in [5.74, 6) is -0.513. The topological polar surface area (TPSA) is 85.1 Å². The summed E-state index contributed by atoms with van der Waals surface area (Å²) >= 11 is 0. The van der Waals surface area contributed by atoms with Crippen LogP contribution in [0.5, 0.6) is 5.75 Å². The molecule has 0 aliphatic carbocycles. The molecule has 3 aromatic rings. The second kappa shape index (κ2) is 7.00. The Labute approximate surface area is 142 Å². The van der Waals surface area contributed by atoms with Gasteiger partial charge in [-0.05, 0) is 36.4 Å². The highest BCUT2D eigenvalue weighted by molar-refractivity contribution is 5.80. The molecule has 4 N–H and O–H groups in total. The molecule has 0 fully saturated rings. The van der Waals surface area contributed by atoms with E-state index in [0.717, 1.165) is 23.6 Å². The third-order valence-corrected chi connectivity index (χ3v) is 3.42. The quantitative estimate of drug-likeness (QED) is 0.653. The van der Waals surface area contributed by atoms with E-state index in [0.29, 0.717) is 11.5 Å². The smallest absolute Gasteiger partial charge is 0.160 e. The van der Waals surface area contributed by atoms with Crippen LogP contribution in [0, 0.1) is 11.6 Å². The molecule has 0 unspecified atom stereocenters. The maximum Gasteiger partial charge on any atom is 0.160 e. The summed E-state index contributed by atoms with van der Waals surface area (Å²) in [6, 6.07) is 10.6. The van der Waals surface area contributed by atoms with Gasteiger partial charge >= 0.3 is 0 Å². The number of hydrogen-bond acceptors (Lipinski definition) is 6. The first-order valence-electron chi connectivity index (χ1n) is 7.30. The van der Waals surface area contributed by atoms with Gasteiger partial charge in [-0.3, -0.25) is 0 Å². The molecule has 128 valence electrons. The predicted molar refractivity (Wildman–Crippen MR) is 92.4 cm³/mol. The van der Waals surface area contributed by atoms with E-state index < -0.39 is 11.6 Å². The van der Waals surface area contributed by atoms with Crippen LogP contribution in [0.2, 0.25) is 0 Å². The van der Waals surface area contributed by atoms with E-state index >= 15 is 0 Å². The number of aromatic nitrogens is 2. The van der Waals surface area contributed by atoms with Gasteiger partial charge in [-0.1, -0.05) is 0 Å². The van der Waals surface area contributed by atoms with Gasteiger partial charge in [-0.2, -0.15) is 0 Å². The van der Waals surface area contributed by atoms with Gasteiger partial charge in [-0.15, -0.1) is 0 Å². The molecular weight excluding hydrogens is 328 g/mol. The lowest BCUT2D eigenvalue weighted by molar-refractivity contribution is 0.415. The Morgan fingerprint density at radius 1 is 0.880 bits per heavy atom. The number of nitrogen functional groups attached to an aromatic ring is 1. The Hall–Kier alpha value is -3.42. The molecule has 0 radical (unpaired) electrons. The highest BCUT2D eigenvalue weighted by atomic mass is 19.2. The zero-order valence-electron chi connectivity index (χ0n) is 13.3. The van der Waals surface area contributed by atoms with Crippen molar-refractivity contribution in [1.29, 1.82) is 0 Å². The molecule has 1 heterocycles. The van der Waals surface area contributed by atoms with Crippen molar-refractivity contribution in [3.8, 4) is 5.75 Å². The zero-order valence-corrected chi connectivity index (χ0v) is 13.3. The van der Waals surface area contributed by atoms with Crippen LogP contribution in [0.4, 0.5) is 37.5 Å². The van der Waals surface area contributed by atoms with Crippen molar-refractivity contribution >= 4 is 28.7 Å². The Morgan fingerprint density at radius 3 is 2.08 bits per heavy atom. The van der Waals surface area contributed by atoms with Gasteiger partial charge in [0.1, 0.15) is 17.8 Å². The number of rotatable bonds is 5. The molecule has 0 atom stereocenters. The van der Waals surface area contributed by atoms with Crippen LogP contribution in [0.3, 0.4) is 0 Å². The number of nitrogens with zero attached hydrogens (tertiary/aromatic N) is 2. The van der Waals surface area contributed by atoms with Gasteiger partial charge in [0, 0.05) is 17.4 Å². The average Bonchev–Trinajstić information content (AvgIpc) is 2.62. The van der Waals surface area contributed by atoms with Gasteiger partial charge in [0.05, 0.1) is 7.11 Å². The lowest BCUT2D eigenvalue weighted by Crippen LogP contribution is -2.05. The summed E-state index contributed by atoms with van der Waals surface area (Å²) in [4.78, 5) is 8.13. The van der Waals surface area contributed by atoms with Crippen molar-refractivity contribution in [1.82, 2.24) is 9.97 Å². The Morgan fingerprint density at radius 2 is 1.48 bits per heavy atom. The summed E-state index contributed by atoms with van der Waals surface area (Å²) in [5, 5.41) is 5.91. The lowest BCUT2D eigenvalue weighted by Gasteiger charge is -2.13. The molecule has 3 rings (SSSR count). The average molecular weight is 343 g/mol. The standard InChI is InChI=1S/C17H15F2N5O/c1-25-12-5-2-10(3-6-12)23-16-15(20)17(22-9-21-16)24-11-4-7-13(18)14(19)8-11/h2-9H,20H2,1H3,(H2,21,22,23,24). The van der Waals surface area contributed by atoms with E-state index in [4.69, 9.17) is 10.5 Å². The molecule has 0 spiro atoms. The number of nitrogens with one attached hydrogen (secondary N) is 2. The second-order valence-corrected chi connectivity index (χ2v) is 5.09. The van der Waals surface area contributed by atoms with Crippen molar-refractivity contribution in [2.24, 2.45) is 0 Å². The van der Waals surface area contributed by atoms with E-state index in [1.54, 1.807) is 19.2 Å². The summed E-state index contributed by atoms with van der Waals surface area (Å²) in [6.45, 7) is 0. The van der Waals surface area contributed by atoms with Gasteiger partial charge in [0.2, 0.25) is 0 Å². The molecule has 0 bridgehead atoms. The van der Waals surface area contributed by atoms with Crippen LogP contribution < -0.4 is 21.1 Å². The van der Waals surface area contributed by atoms with Crippen LogP contribution in [0.1, 0.15) is 0 Å². The Bertz CT molecular complexity index is 887. The molecular formula is C17H15F2N5O. The van der Waals surface area contributed by atoms with Crippen LogP contribution in [-0.2, 0) is 0 Å². The number of ether oxygens (including phenoxy) is 1. The van der Waals surface area contributed by atoms with Crippen molar-refractivity contribution in [3.63, 3.8) is 0 Å². The fraction of sp³-hybridized carbons (Fsp3) is 0.0588. The molecule has 1 aromatic heterocycles. The molecule has 0 aliphatic heterocycles. The zero-order chi connectivity index (χ0) is 17.8. The van der Waals surface area contributed by atoms with Crippen LogP contribution in [-0.4, -0.2) is 17.1 Å². The minimum absolute atomic E-state index is 0.239. The molecule has 0 aliphatic rings. The fourth-order valence-corrected chi connectivity index (χ4v) is 2.12. The van der Waals surface area contributed by atoms with E-state index in [2.05, 4.69) is 20.6 Å². The van der Waals surface area contributed by atoms with E-state index in [1.165, 1.54) is 12.4 Å². The van der Waals surface area contributed by atoms with Gasteiger partial charge in [0.15, 0.2) is 23.3 Å². The van der Waals surface area contributed by atoms with E-state index in [-0.39, 0.29) is 11.5 Å². The Balaban J connectivity index is 1.82. The van der Waals surface area contributed by atoms with Crippen molar-refractivity contribution in [2.75, 3.05) is 23.5 Å². The summed E-state index contributed by atoms with van der Waals surface area (Å²) in [6.07, 6.45) is 1.31. The van der Waals surface area contributed by atoms with Crippen LogP contribution in [0.15, 0.2) is 48.8 Å². The number of hydrogen-bond donors (Lipinski definition) is 3. The fourth-order valence-electron chi connectivity index (χ4n) is 2.12. The third kappa shape index (κ3) is 3.74. The normalized spacial score (nSPS) is 10.4. The highest BCUT2D eigenvalue weighted by Gasteiger charge is 2.10. The third-order valence-electron chi connectivity index (χ3n) is 3.42. The molecule has 8 heteroatoms. The van der Waals surface area contributed by atoms with E-state index in [1.807, 2.05) is 12.1 Å². The first-order chi connectivity index (χ1) is 12.1. The number of methoxy groups -OCH3 is 1. The van der Waals surface area contributed by atoms with Gasteiger partial charge < -0.3 is 21.1 Å². The van der Waals surface area contributed by atoms with E-state index in [9.17, 15) is 8.78 Å². The summed E-state index contributed by atoms with van der Waals surface area (Å²) in [5.41, 5.74) is 7.37. The monoisotopic (exact) mass is 343 g/mol. The number of benzene rings is 2. The maximum atomic E-state index is 13.3. The largest absolute Gasteiger partial charge is 0.497 e. The number of anilines is 5. The molecule has 2 aromatic carbocycles. The highest BCUT2D eigenvalue weighted by Crippen LogP contribution is 2.29. The molecule has 0 saturated carbocycles. The summed E-state index contributed by atoms with van der Waals surface area (Å²) in [7, 11) is 1.58. The van der Waals surface area contributed by atoms with Gasteiger partial charge in [0.25, 0.3) is 0 Å². The van der Waals surface area contributed by atoms with Gasteiger partial charge in [-0.25, -0.2) is 18.7 Å². The Kier molecular flexibility index (Phi) is 4.60. The number of halogens is 2. The number of nitrogens with two attached hydrogens (primary N) is 1. The van der Waals surface area contributed by atoms with Crippen molar-refractivity contribution in [2.45, 2.75) is 0 Å². The minimum atomic E-state index is -0.964. The lowest BCUT2D eigenvalue weighted by atomic mass is 10.3. The maximum absolute atomic E-state index is 13.3. The molecule has 0 saturated heterocycles. The van der Waals surface area contributed by atoms with Crippen molar-refractivity contribution in [3.05, 3.63) is 60.4 Å². The SMILES string of the molecule is COc1ccc(Nc2ncnc(Nc3ccc(F)c(F)c3)c2N)cc1. The first-order valence-corrected chi connectivity index (χ1v) is 7.30. The minimum Gasteiger partial charge on any atom is -0.497 e. The van der Waals surface area contributed by atoms with Crippen LogP contribution in [0.25, 0.3) is 0 Å². The summed E-state index contributed by atoms with van der Waals surface area (Å²) < 4.78 is 31.4. The molecule has 6 nitrogen and oxygen atoms in total. The predicted octanol–water partition coefficient (Wildman–Crippen LogP) is 3.83. The molecule has 0 amide bonds. The van der Waals surface area contributed by atoms with Crippen molar-refractivity contribution < 1.29 is 13.5 Å².